The monoisotopic (exact) mass is 225 g/mol. The first-order valence-corrected chi connectivity index (χ1v) is 5.66. The van der Waals surface area contributed by atoms with Crippen LogP contribution in [0.1, 0.15) is 31.2 Å². The van der Waals surface area contributed by atoms with Gasteiger partial charge in [-0.05, 0) is 37.2 Å². The van der Waals surface area contributed by atoms with Crippen LogP contribution >= 0.6 is 12.4 Å². The van der Waals surface area contributed by atoms with Crippen LogP contribution in [-0.2, 0) is 6.42 Å². The molecule has 0 radical (unpaired) electrons. The average molecular weight is 226 g/mol. The van der Waals surface area contributed by atoms with E-state index in [-0.39, 0.29) is 12.4 Å². The SMILES string of the molecule is Cl.N[C@H](CCc1ccccc1)C1CCC1. The van der Waals surface area contributed by atoms with E-state index in [0.717, 1.165) is 18.8 Å². The molecule has 1 saturated carbocycles. The molecule has 1 aliphatic rings. The van der Waals surface area contributed by atoms with Gasteiger partial charge >= 0.3 is 0 Å². The van der Waals surface area contributed by atoms with E-state index in [1.54, 1.807) is 0 Å². The van der Waals surface area contributed by atoms with E-state index in [9.17, 15) is 0 Å². The third-order valence-corrected chi connectivity index (χ3v) is 3.36. The molecule has 2 rings (SSSR count). The van der Waals surface area contributed by atoms with Crippen LogP contribution in [-0.4, -0.2) is 6.04 Å². The molecule has 0 unspecified atom stereocenters. The van der Waals surface area contributed by atoms with Gasteiger partial charge in [0.1, 0.15) is 0 Å². The zero-order valence-corrected chi connectivity index (χ0v) is 9.88. The highest BCUT2D eigenvalue weighted by Gasteiger charge is 2.23. The molecule has 1 aromatic rings. The van der Waals surface area contributed by atoms with E-state index >= 15 is 0 Å². The topological polar surface area (TPSA) is 26.0 Å². The third kappa shape index (κ3) is 3.51. The van der Waals surface area contributed by atoms with Crippen LogP contribution in [0.25, 0.3) is 0 Å². The van der Waals surface area contributed by atoms with Crippen molar-refractivity contribution in [1.29, 1.82) is 0 Å². The molecule has 0 bridgehead atoms. The number of hydrogen-bond acceptors (Lipinski definition) is 1. The first-order valence-electron chi connectivity index (χ1n) is 5.66. The lowest BCUT2D eigenvalue weighted by atomic mass is 9.78. The summed E-state index contributed by atoms with van der Waals surface area (Å²) in [5, 5.41) is 0. The second-order valence-electron chi connectivity index (χ2n) is 4.38. The van der Waals surface area contributed by atoms with Crippen LogP contribution in [0.4, 0.5) is 0 Å². The first-order chi connectivity index (χ1) is 6.86. The molecule has 2 heteroatoms. The summed E-state index contributed by atoms with van der Waals surface area (Å²) >= 11 is 0. The Bertz CT molecular complexity index is 269. The fourth-order valence-electron chi connectivity index (χ4n) is 2.08. The number of benzene rings is 1. The van der Waals surface area contributed by atoms with Crippen LogP contribution in [0.3, 0.4) is 0 Å². The van der Waals surface area contributed by atoms with Gasteiger partial charge in [0, 0.05) is 6.04 Å². The van der Waals surface area contributed by atoms with Gasteiger partial charge in [-0.2, -0.15) is 0 Å². The van der Waals surface area contributed by atoms with E-state index in [1.165, 1.54) is 24.8 Å². The summed E-state index contributed by atoms with van der Waals surface area (Å²) in [6.07, 6.45) is 6.39. The zero-order valence-electron chi connectivity index (χ0n) is 9.06. The summed E-state index contributed by atoms with van der Waals surface area (Å²) in [6, 6.07) is 11.1. The number of aryl methyl sites for hydroxylation is 1. The van der Waals surface area contributed by atoms with Crippen LogP contribution in [0.5, 0.6) is 0 Å². The minimum atomic E-state index is 0. The van der Waals surface area contributed by atoms with E-state index < -0.39 is 0 Å². The molecule has 0 aliphatic heterocycles. The minimum Gasteiger partial charge on any atom is -0.327 e. The van der Waals surface area contributed by atoms with Crippen LogP contribution in [0.15, 0.2) is 30.3 Å². The molecule has 0 heterocycles. The Labute approximate surface area is 98.5 Å². The summed E-state index contributed by atoms with van der Waals surface area (Å²) in [5.41, 5.74) is 7.55. The molecular formula is C13H20ClN. The van der Waals surface area contributed by atoms with Crippen molar-refractivity contribution in [3.8, 4) is 0 Å². The summed E-state index contributed by atoms with van der Waals surface area (Å²) in [4.78, 5) is 0. The lowest BCUT2D eigenvalue weighted by Gasteiger charge is -2.31. The Morgan fingerprint density at radius 2 is 1.87 bits per heavy atom. The number of rotatable bonds is 4. The van der Waals surface area contributed by atoms with E-state index in [1.807, 2.05) is 0 Å². The maximum Gasteiger partial charge on any atom is 0.00703 e. The van der Waals surface area contributed by atoms with E-state index in [4.69, 9.17) is 5.73 Å². The number of nitrogens with two attached hydrogens (primary N) is 1. The fraction of sp³-hybridized carbons (Fsp3) is 0.538. The van der Waals surface area contributed by atoms with Crippen molar-refractivity contribution in [2.45, 2.75) is 38.1 Å². The lowest BCUT2D eigenvalue weighted by molar-refractivity contribution is 0.253. The van der Waals surface area contributed by atoms with Gasteiger partial charge in [0.15, 0.2) is 0 Å². The Morgan fingerprint density at radius 3 is 2.40 bits per heavy atom. The van der Waals surface area contributed by atoms with Gasteiger partial charge < -0.3 is 5.73 Å². The van der Waals surface area contributed by atoms with Gasteiger partial charge in [-0.25, -0.2) is 0 Å². The van der Waals surface area contributed by atoms with Crippen LogP contribution in [0.2, 0.25) is 0 Å². The highest BCUT2D eigenvalue weighted by atomic mass is 35.5. The molecule has 2 N–H and O–H groups in total. The summed E-state index contributed by atoms with van der Waals surface area (Å²) in [7, 11) is 0. The quantitative estimate of drug-likeness (QED) is 0.837. The highest BCUT2D eigenvalue weighted by Crippen LogP contribution is 2.30. The van der Waals surface area contributed by atoms with Crippen molar-refractivity contribution < 1.29 is 0 Å². The molecule has 1 aromatic carbocycles. The first kappa shape index (κ1) is 12.5. The van der Waals surface area contributed by atoms with Gasteiger partial charge in [0.05, 0.1) is 0 Å². The van der Waals surface area contributed by atoms with Gasteiger partial charge in [-0.15, -0.1) is 12.4 Å². The molecule has 1 fully saturated rings. The minimum absolute atomic E-state index is 0. The lowest BCUT2D eigenvalue weighted by Crippen LogP contribution is -2.34. The summed E-state index contributed by atoms with van der Waals surface area (Å²) in [5.74, 6) is 0.818. The maximum absolute atomic E-state index is 6.13. The largest absolute Gasteiger partial charge is 0.327 e. The van der Waals surface area contributed by atoms with Crippen molar-refractivity contribution in [3.63, 3.8) is 0 Å². The van der Waals surface area contributed by atoms with Crippen molar-refractivity contribution >= 4 is 12.4 Å². The fourth-order valence-corrected chi connectivity index (χ4v) is 2.08. The molecule has 0 spiro atoms. The Balaban J connectivity index is 0.00000112. The van der Waals surface area contributed by atoms with Crippen LogP contribution < -0.4 is 5.73 Å². The van der Waals surface area contributed by atoms with Crippen molar-refractivity contribution in [3.05, 3.63) is 35.9 Å². The second-order valence-corrected chi connectivity index (χ2v) is 4.38. The standard InChI is InChI=1S/C13H19N.ClH/c14-13(12-7-4-8-12)10-9-11-5-2-1-3-6-11;/h1-3,5-6,12-13H,4,7-10,14H2;1H/t13-;/m1./s1. The summed E-state index contributed by atoms with van der Waals surface area (Å²) < 4.78 is 0. The summed E-state index contributed by atoms with van der Waals surface area (Å²) in [6.45, 7) is 0. The molecule has 1 atom stereocenters. The second kappa shape index (κ2) is 6.14. The molecule has 0 saturated heterocycles. The molecule has 1 aliphatic carbocycles. The van der Waals surface area contributed by atoms with Gasteiger partial charge in [0.25, 0.3) is 0 Å². The average Bonchev–Trinajstić information content (AvgIpc) is 2.14. The Hall–Kier alpha value is -0.530. The van der Waals surface area contributed by atoms with Crippen molar-refractivity contribution in [2.24, 2.45) is 11.7 Å². The zero-order chi connectivity index (χ0) is 9.80. The van der Waals surface area contributed by atoms with Gasteiger partial charge in [-0.1, -0.05) is 36.8 Å². The van der Waals surface area contributed by atoms with E-state index in [2.05, 4.69) is 30.3 Å². The molecule has 0 aromatic heterocycles. The molecule has 15 heavy (non-hydrogen) atoms. The molecule has 1 nitrogen and oxygen atoms in total. The molecule has 0 amide bonds. The molecule has 84 valence electrons. The number of hydrogen-bond donors (Lipinski definition) is 1. The Morgan fingerprint density at radius 1 is 1.20 bits per heavy atom. The van der Waals surface area contributed by atoms with Crippen LogP contribution in [0, 0.1) is 5.92 Å². The normalized spacial score (nSPS) is 17.7. The smallest absolute Gasteiger partial charge is 0.00703 e. The van der Waals surface area contributed by atoms with E-state index in [0.29, 0.717) is 6.04 Å². The highest BCUT2D eigenvalue weighted by molar-refractivity contribution is 5.85. The molecular weight excluding hydrogens is 206 g/mol. The van der Waals surface area contributed by atoms with Crippen molar-refractivity contribution in [2.75, 3.05) is 0 Å². The van der Waals surface area contributed by atoms with Gasteiger partial charge in [-0.3, -0.25) is 0 Å². The maximum atomic E-state index is 6.13. The number of halogens is 1. The Kier molecular flexibility index (Phi) is 5.13. The predicted molar refractivity (Wildman–Crippen MR) is 67.3 cm³/mol. The third-order valence-electron chi connectivity index (χ3n) is 3.36. The van der Waals surface area contributed by atoms with Crippen molar-refractivity contribution in [1.82, 2.24) is 0 Å². The van der Waals surface area contributed by atoms with Gasteiger partial charge in [0.2, 0.25) is 0 Å². The predicted octanol–water partition coefficient (Wildman–Crippen LogP) is 3.17.